The zero-order valence-electron chi connectivity index (χ0n) is 8.83. The zero-order valence-corrected chi connectivity index (χ0v) is 9.58. The summed E-state index contributed by atoms with van der Waals surface area (Å²) in [5, 5.41) is 9.17. The van der Waals surface area contributed by atoms with Crippen molar-refractivity contribution in [2.24, 2.45) is 0 Å². The van der Waals surface area contributed by atoms with E-state index >= 15 is 0 Å². The highest BCUT2D eigenvalue weighted by Crippen LogP contribution is 2.18. The highest BCUT2D eigenvalue weighted by molar-refractivity contribution is 6.33. The van der Waals surface area contributed by atoms with Crippen LogP contribution in [0.1, 0.15) is 15.9 Å². The van der Waals surface area contributed by atoms with Crippen LogP contribution in [-0.2, 0) is 0 Å². The van der Waals surface area contributed by atoms with Gasteiger partial charge < -0.3 is 10.0 Å². The fourth-order valence-corrected chi connectivity index (χ4v) is 1.57. The van der Waals surface area contributed by atoms with Crippen LogP contribution in [0.15, 0.2) is 18.2 Å². The predicted molar refractivity (Wildman–Crippen MR) is 60.2 cm³/mol. The Labute approximate surface area is 94.3 Å². The van der Waals surface area contributed by atoms with Gasteiger partial charge in [0.25, 0.3) is 5.91 Å². The lowest BCUT2D eigenvalue weighted by Crippen LogP contribution is -2.29. The molecule has 0 heterocycles. The number of rotatable bonds is 3. The first kappa shape index (κ1) is 12.0. The third-order valence-electron chi connectivity index (χ3n) is 2.14. The predicted octanol–water partition coefficient (Wildman–Crippen LogP) is 1.71. The van der Waals surface area contributed by atoms with E-state index < -0.39 is 0 Å². The molecule has 0 saturated carbocycles. The quantitative estimate of drug-likeness (QED) is 0.854. The van der Waals surface area contributed by atoms with E-state index in [9.17, 15) is 4.79 Å². The molecule has 0 aliphatic rings. The average molecular weight is 228 g/mol. The first-order chi connectivity index (χ1) is 7.06. The van der Waals surface area contributed by atoms with Crippen LogP contribution in [0.3, 0.4) is 0 Å². The van der Waals surface area contributed by atoms with Gasteiger partial charge in [-0.05, 0) is 24.6 Å². The molecule has 0 bridgehead atoms. The van der Waals surface area contributed by atoms with Gasteiger partial charge in [-0.25, -0.2) is 0 Å². The van der Waals surface area contributed by atoms with E-state index in [4.69, 9.17) is 16.7 Å². The summed E-state index contributed by atoms with van der Waals surface area (Å²) >= 11 is 5.96. The second-order valence-electron chi connectivity index (χ2n) is 3.43. The fraction of sp³-hybridized carbons (Fsp3) is 0.364. The molecule has 0 aliphatic heterocycles. The maximum atomic E-state index is 11.8. The molecule has 1 aromatic rings. The van der Waals surface area contributed by atoms with Crippen LogP contribution in [0.2, 0.25) is 5.02 Å². The maximum absolute atomic E-state index is 11.8. The van der Waals surface area contributed by atoms with E-state index in [0.717, 1.165) is 5.56 Å². The van der Waals surface area contributed by atoms with Gasteiger partial charge in [-0.1, -0.05) is 17.7 Å². The molecular formula is C11H14ClNO2. The lowest BCUT2D eigenvalue weighted by atomic mass is 10.1. The van der Waals surface area contributed by atoms with Gasteiger partial charge in [0.2, 0.25) is 0 Å². The number of likely N-dealkylation sites (N-methyl/N-ethyl adjacent to an activating group) is 1. The van der Waals surface area contributed by atoms with Crippen LogP contribution in [0.25, 0.3) is 0 Å². The molecule has 0 atom stereocenters. The number of nitrogens with zero attached hydrogens (tertiary/aromatic N) is 1. The minimum absolute atomic E-state index is 0.0499. The fourth-order valence-electron chi connectivity index (χ4n) is 1.25. The number of benzene rings is 1. The molecule has 0 saturated heterocycles. The molecule has 15 heavy (non-hydrogen) atoms. The van der Waals surface area contributed by atoms with Crippen molar-refractivity contribution in [1.29, 1.82) is 0 Å². The number of carbonyl (C=O) groups is 1. The number of hydrogen-bond donors (Lipinski definition) is 1. The Morgan fingerprint density at radius 1 is 1.53 bits per heavy atom. The highest BCUT2D eigenvalue weighted by Gasteiger charge is 2.14. The average Bonchev–Trinajstić information content (AvgIpc) is 2.17. The smallest absolute Gasteiger partial charge is 0.255 e. The van der Waals surface area contributed by atoms with Crippen LogP contribution >= 0.6 is 11.6 Å². The number of aryl methyl sites for hydroxylation is 1. The van der Waals surface area contributed by atoms with Gasteiger partial charge in [0.1, 0.15) is 0 Å². The number of carbonyl (C=O) groups excluding carboxylic acids is 1. The molecule has 1 rings (SSSR count). The first-order valence-corrected chi connectivity index (χ1v) is 5.06. The lowest BCUT2D eigenvalue weighted by molar-refractivity contribution is 0.0767. The van der Waals surface area contributed by atoms with Crippen molar-refractivity contribution in [3.05, 3.63) is 34.3 Å². The second kappa shape index (κ2) is 5.14. The Balaban J connectivity index is 2.91. The van der Waals surface area contributed by atoms with Crippen molar-refractivity contribution in [3.63, 3.8) is 0 Å². The minimum atomic E-state index is -0.172. The topological polar surface area (TPSA) is 40.5 Å². The monoisotopic (exact) mass is 227 g/mol. The third kappa shape index (κ3) is 2.94. The van der Waals surface area contributed by atoms with E-state index in [1.54, 1.807) is 19.2 Å². The third-order valence-corrected chi connectivity index (χ3v) is 2.45. The molecule has 1 N–H and O–H groups in total. The van der Waals surface area contributed by atoms with Crippen LogP contribution in [-0.4, -0.2) is 36.1 Å². The summed E-state index contributed by atoms with van der Waals surface area (Å²) in [5.74, 6) is -0.172. The van der Waals surface area contributed by atoms with Crippen LogP contribution in [0.5, 0.6) is 0 Å². The Hall–Kier alpha value is -1.06. The molecule has 0 radical (unpaired) electrons. The van der Waals surface area contributed by atoms with Crippen molar-refractivity contribution in [2.45, 2.75) is 6.92 Å². The number of hydrogen-bond acceptors (Lipinski definition) is 2. The van der Waals surface area contributed by atoms with Gasteiger partial charge in [0.15, 0.2) is 0 Å². The molecule has 1 amide bonds. The molecule has 82 valence electrons. The maximum Gasteiger partial charge on any atom is 0.255 e. The second-order valence-corrected chi connectivity index (χ2v) is 3.84. The normalized spacial score (nSPS) is 10.1. The van der Waals surface area contributed by atoms with E-state index in [2.05, 4.69) is 0 Å². The Kier molecular flexibility index (Phi) is 4.12. The number of aliphatic hydroxyl groups is 1. The van der Waals surface area contributed by atoms with Crippen molar-refractivity contribution in [3.8, 4) is 0 Å². The summed E-state index contributed by atoms with van der Waals surface area (Å²) in [5.41, 5.74) is 1.49. The zero-order chi connectivity index (χ0) is 11.4. The molecule has 4 heteroatoms. The first-order valence-electron chi connectivity index (χ1n) is 4.68. The molecule has 0 aliphatic carbocycles. The lowest BCUT2D eigenvalue weighted by Gasteiger charge is -2.16. The van der Waals surface area contributed by atoms with Gasteiger partial charge >= 0.3 is 0 Å². The largest absolute Gasteiger partial charge is 0.395 e. The van der Waals surface area contributed by atoms with Crippen LogP contribution in [0, 0.1) is 6.92 Å². The van der Waals surface area contributed by atoms with Crippen molar-refractivity contribution in [1.82, 2.24) is 4.90 Å². The molecule has 3 nitrogen and oxygen atoms in total. The van der Waals surface area contributed by atoms with Gasteiger partial charge in [-0.3, -0.25) is 4.79 Å². The highest BCUT2D eigenvalue weighted by atomic mass is 35.5. The van der Waals surface area contributed by atoms with Crippen LogP contribution in [0.4, 0.5) is 0 Å². The summed E-state index contributed by atoms with van der Waals surface area (Å²) in [4.78, 5) is 13.2. The Morgan fingerprint density at radius 3 is 2.73 bits per heavy atom. The molecular weight excluding hydrogens is 214 g/mol. The van der Waals surface area contributed by atoms with Crippen molar-refractivity contribution < 1.29 is 9.90 Å². The van der Waals surface area contributed by atoms with Gasteiger partial charge in [-0.15, -0.1) is 0 Å². The van der Waals surface area contributed by atoms with Crippen LogP contribution < -0.4 is 0 Å². The minimum Gasteiger partial charge on any atom is -0.395 e. The number of amides is 1. The molecule has 0 unspecified atom stereocenters. The van der Waals surface area contributed by atoms with E-state index in [1.165, 1.54) is 4.90 Å². The van der Waals surface area contributed by atoms with Crippen molar-refractivity contribution in [2.75, 3.05) is 20.2 Å². The summed E-state index contributed by atoms with van der Waals surface area (Å²) in [6.07, 6.45) is 0. The van der Waals surface area contributed by atoms with Crippen molar-refractivity contribution >= 4 is 17.5 Å². The Bertz CT molecular complexity index is 366. The summed E-state index contributed by atoms with van der Waals surface area (Å²) in [6.45, 7) is 2.17. The SMILES string of the molecule is Cc1ccc(C(=O)N(C)CCO)c(Cl)c1. The van der Waals surface area contributed by atoms with E-state index in [0.29, 0.717) is 17.1 Å². The summed E-state index contributed by atoms with van der Waals surface area (Å²) < 4.78 is 0. The van der Waals surface area contributed by atoms with Gasteiger partial charge in [-0.2, -0.15) is 0 Å². The van der Waals surface area contributed by atoms with E-state index in [-0.39, 0.29) is 12.5 Å². The summed E-state index contributed by atoms with van der Waals surface area (Å²) in [6, 6.07) is 5.29. The Morgan fingerprint density at radius 2 is 2.20 bits per heavy atom. The summed E-state index contributed by atoms with van der Waals surface area (Å²) in [7, 11) is 1.63. The molecule has 1 aromatic carbocycles. The molecule has 0 aromatic heterocycles. The van der Waals surface area contributed by atoms with E-state index in [1.807, 2.05) is 13.0 Å². The molecule has 0 spiro atoms. The molecule has 0 fully saturated rings. The standard InChI is InChI=1S/C11H14ClNO2/c1-8-3-4-9(10(12)7-8)11(15)13(2)5-6-14/h3-4,7,14H,5-6H2,1-2H3. The number of halogens is 1. The number of aliphatic hydroxyl groups excluding tert-OH is 1. The van der Waals surface area contributed by atoms with Gasteiger partial charge in [0, 0.05) is 13.6 Å². The van der Waals surface area contributed by atoms with Gasteiger partial charge in [0.05, 0.1) is 17.2 Å².